The summed E-state index contributed by atoms with van der Waals surface area (Å²) in [6.07, 6.45) is 0. The largest absolute Gasteiger partial charge is 0.334 e. The van der Waals surface area contributed by atoms with Gasteiger partial charge in [-0.15, -0.1) is 0 Å². The molecule has 0 unspecified atom stereocenters. The van der Waals surface area contributed by atoms with Gasteiger partial charge in [-0.05, 0) is 32.0 Å². The number of hydrogen-bond acceptors (Lipinski definition) is 4. The highest BCUT2D eigenvalue weighted by atomic mass is 35.5. The van der Waals surface area contributed by atoms with Gasteiger partial charge in [-0.25, -0.2) is 0 Å². The molecule has 0 atom stereocenters. The zero-order valence-electron chi connectivity index (χ0n) is 9.37. The van der Waals surface area contributed by atoms with E-state index in [0.717, 1.165) is 0 Å². The van der Waals surface area contributed by atoms with E-state index in [4.69, 9.17) is 33.5 Å². The summed E-state index contributed by atoms with van der Waals surface area (Å²) >= 11 is 11.7. The van der Waals surface area contributed by atoms with Crippen LogP contribution in [0.15, 0.2) is 22.7 Å². The van der Waals surface area contributed by atoms with Crippen molar-refractivity contribution in [1.29, 1.82) is 0 Å². The van der Waals surface area contributed by atoms with E-state index < -0.39 is 5.54 Å². The highest BCUT2D eigenvalue weighted by Crippen LogP contribution is 2.28. The van der Waals surface area contributed by atoms with Gasteiger partial charge in [0.2, 0.25) is 0 Å². The van der Waals surface area contributed by atoms with E-state index in [2.05, 4.69) is 10.1 Å². The van der Waals surface area contributed by atoms with Crippen molar-refractivity contribution in [2.45, 2.75) is 19.4 Å². The van der Waals surface area contributed by atoms with Gasteiger partial charge in [0.15, 0.2) is 5.82 Å². The molecule has 1 aromatic carbocycles. The molecule has 0 spiro atoms. The molecular weight excluding hydrogens is 261 g/mol. The summed E-state index contributed by atoms with van der Waals surface area (Å²) in [5, 5.41) is 4.75. The summed E-state index contributed by atoms with van der Waals surface area (Å²) in [6.45, 7) is 3.60. The van der Waals surface area contributed by atoms with Crippen LogP contribution in [0.25, 0.3) is 11.5 Å². The minimum atomic E-state index is -0.641. The Morgan fingerprint density at radius 3 is 2.47 bits per heavy atom. The summed E-state index contributed by atoms with van der Waals surface area (Å²) in [5.74, 6) is 0.815. The van der Waals surface area contributed by atoms with Crippen LogP contribution in [-0.2, 0) is 5.54 Å². The molecule has 6 heteroatoms. The van der Waals surface area contributed by atoms with Crippen molar-refractivity contribution in [2.75, 3.05) is 0 Å². The molecule has 2 N–H and O–H groups in total. The number of halogens is 2. The van der Waals surface area contributed by atoms with Crippen LogP contribution in [0.4, 0.5) is 0 Å². The second-order valence-corrected chi connectivity index (χ2v) is 5.09. The van der Waals surface area contributed by atoms with Crippen molar-refractivity contribution in [1.82, 2.24) is 10.1 Å². The molecule has 2 aromatic rings. The molecule has 4 nitrogen and oxygen atoms in total. The van der Waals surface area contributed by atoms with Crippen LogP contribution in [0.3, 0.4) is 0 Å². The lowest BCUT2D eigenvalue weighted by Gasteiger charge is -2.11. The number of aromatic nitrogens is 2. The molecule has 1 heterocycles. The molecule has 0 fully saturated rings. The lowest BCUT2D eigenvalue weighted by Crippen LogP contribution is -2.30. The molecule has 1 aromatic heterocycles. The van der Waals surface area contributed by atoms with Gasteiger partial charge in [-0.3, -0.25) is 0 Å². The van der Waals surface area contributed by atoms with Gasteiger partial charge >= 0.3 is 0 Å². The molecule has 0 bridgehead atoms. The summed E-state index contributed by atoms with van der Waals surface area (Å²) in [5.41, 5.74) is 5.94. The maximum Gasteiger partial charge on any atom is 0.258 e. The van der Waals surface area contributed by atoms with Gasteiger partial charge in [0.25, 0.3) is 5.89 Å². The first-order valence-corrected chi connectivity index (χ1v) is 5.72. The van der Waals surface area contributed by atoms with Crippen molar-refractivity contribution in [3.8, 4) is 11.5 Å². The Morgan fingerprint density at radius 1 is 1.24 bits per heavy atom. The fraction of sp³-hybridized carbons (Fsp3) is 0.273. The number of rotatable bonds is 2. The third-order valence-corrected chi connectivity index (χ3v) is 2.91. The summed E-state index contributed by atoms with van der Waals surface area (Å²) in [6, 6.07) is 5.11. The monoisotopic (exact) mass is 271 g/mol. The smallest absolute Gasteiger partial charge is 0.258 e. The van der Waals surface area contributed by atoms with Gasteiger partial charge in [0.05, 0.1) is 15.6 Å². The van der Waals surface area contributed by atoms with Gasteiger partial charge in [-0.2, -0.15) is 4.98 Å². The highest BCUT2D eigenvalue weighted by Gasteiger charge is 2.22. The van der Waals surface area contributed by atoms with Crippen LogP contribution in [0, 0.1) is 0 Å². The van der Waals surface area contributed by atoms with Crippen LogP contribution >= 0.6 is 23.2 Å². The first kappa shape index (κ1) is 12.4. The minimum Gasteiger partial charge on any atom is -0.334 e. The second kappa shape index (κ2) is 4.29. The Kier molecular flexibility index (Phi) is 3.12. The highest BCUT2D eigenvalue weighted by molar-refractivity contribution is 6.42. The van der Waals surface area contributed by atoms with E-state index in [1.165, 1.54) is 0 Å². The molecule has 0 saturated carbocycles. The fourth-order valence-electron chi connectivity index (χ4n) is 1.23. The van der Waals surface area contributed by atoms with Gasteiger partial charge in [0.1, 0.15) is 0 Å². The molecule has 0 aliphatic carbocycles. The SMILES string of the molecule is CC(C)(N)c1noc(-c2ccc(Cl)c(Cl)c2)n1. The van der Waals surface area contributed by atoms with Crippen LogP contribution < -0.4 is 5.73 Å². The zero-order valence-corrected chi connectivity index (χ0v) is 10.9. The molecule has 17 heavy (non-hydrogen) atoms. The number of nitrogens with two attached hydrogens (primary N) is 1. The Labute approximate surface area is 109 Å². The lowest BCUT2D eigenvalue weighted by molar-refractivity contribution is 0.397. The van der Waals surface area contributed by atoms with Crippen LogP contribution in [-0.4, -0.2) is 10.1 Å². The Balaban J connectivity index is 2.40. The predicted molar refractivity (Wildman–Crippen MR) is 67.0 cm³/mol. The summed E-state index contributed by atoms with van der Waals surface area (Å²) in [7, 11) is 0. The molecule has 2 rings (SSSR count). The zero-order chi connectivity index (χ0) is 12.6. The van der Waals surface area contributed by atoms with Gasteiger partial charge in [-0.1, -0.05) is 28.4 Å². The topological polar surface area (TPSA) is 64.9 Å². The van der Waals surface area contributed by atoms with E-state index >= 15 is 0 Å². The Hall–Kier alpha value is -1.10. The Bertz CT molecular complexity index is 546. The van der Waals surface area contributed by atoms with Crippen molar-refractivity contribution in [3.63, 3.8) is 0 Å². The average molecular weight is 272 g/mol. The molecule has 0 saturated heterocycles. The predicted octanol–water partition coefficient (Wildman–Crippen LogP) is 3.24. The number of benzene rings is 1. The maximum atomic E-state index is 5.91. The van der Waals surface area contributed by atoms with Crippen molar-refractivity contribution >= 4 is 23.2 Å². The van der Waals surface area contributed by atoms with Crippen LogP contribution in [0.2, 0.25) is 10.0 Å². The van der Waals surface area contributed by atoms with Gasteiger partial charge < -0.3 is 10.3 Å². The number of hydrogen-bond donors (Lipinski definition) is 1. The third kappa shape index (κ3) is 2.60. The van der Waals surface area contributed by atoms with E-state index in [-0.39, 0.29) is 0 Å². The van der Waals surface area contributed by atoms with Crippen LogP contribution in [0.1, 0.15) is 19.7 Å². The second-order valence-electron chi connectivity index (χ2n) is 4.27. The summed E-state index contributed by atoms with van der Waals surface area (Å²) < 4.78 is 5.13. The lowest BCUT2D eigenvalue weighted by atomic mass is 10.1. The molecular formula is C11H11Cl2N3O. The molecule has 0 radical (unpaired) electrons. The standard InChI is InChI=1S/C11H11Cl2N3O/c1-11(2,14)10-15-9(17-16-10)6-3-4-7(12)8(13)5-6/h3-5H,14H2,1-2H3. The normalized spacial score (nSPS) is 11.8. The quantitative estimate of drug-likeness (QED) is 0.911. The van der Waals surface area contributed by atoms with Crippen molar-refractivity contribution in [3.05, 3.63) is 34.1 Å². The van der Waals surface area contributed by atoms with E-state index in [9.17, 15) is 0 Å². The molecule has 0 amide bonds. The van der Waals surface area contributed by atoms with Gasteiger partial charge in [0, 0.05) is 5.56 Å². The van der Waals surface area contributed by atoms with E-state index in [1.54, 1.807) is 32.0 Å². The van der Waals surface area contributed by atoms with Crippen LogP contribution in [0.5, 0.6) is 0 Å². The molecule has 90 valence electrons. The fourth-order valence-corrected chi connectivity index (χ4v) is 1.53. The molecule has 0 aliphatic rings. The summed E-state index contributed by atoms with van der Waals surface area (Å²) in [4.78, 5) is 4.22. The third-order valence-electron chi connectivity index (χ3n) is 2.17. The first-order chi connectivity index (χ1) is 7.88. The first-order valence-electron chi connectivity index (χ1n) is 4.96. The Morgan fingerprint density at radius 2 is 1.94 bits per heavy atom. The van der Waals surface area contributed by atoms with E-state index in [0.29, 0.717) is 27.3 Å². The van der Waals surface area contributed by atoms with E-state index in [1.807, 2.05) is 0 Å². The number of nitrogens with zero attached hydrogens (tertiary/aromatic N) is 2. The molecule has 0 aliphatic heterocycles. The average Bonchev–Trinajstić information content (AvgIpc) is 2.70. The minimum absolute atomic E-state index is 0.372. The maximum absolute atomic E-state index is 5.91. The van der Waals surface area contributed by atoms with Crippen molar-refractivity contribution in [2.24, 2.45) is 5.73 Å². The van der Waals surface area contributed by atoms with Crippen molar-refractivity contribution < 1.29 is 4.52 Å².